The van der Waals surface area contributed by atoms with E-state index in [2.05, 4.69) is 15.6 Å². The molecule has 0 aliphatic rings. The molecular weight excluding hydrogens is 534 g/mol. The number of hydrogen-bond donors (Lipinski definition) is 2. The SMILES string of the molecule is Cc1ccc(C(=O)Nc2ccc(OCCc3csc(NC(=O)OC(C)(C)C)n3)cc2)c(-c2ccc(Cl)cc2)c1. The first-order chi connectivity index (χ1) is 18.6. The van der Waals surface area contributed by atoms with E-state index in [9.17, 15) is 9.59 Å². The minimum Gasteiger partial charge on any atom is -0.493 e. The number of benzene rings is 3. The van der Waals surface area contributed by atoms with Crippen LogP contribution in [0.4, 0.5) is 15.6 Å². The molecule has 3 aromatic carbocycles. The summed E-state index contributed by atoms with van der Waals surface area (Å²) in [5.74, 6) is 0.473. The van der Waals surface area contributed by atoms with Crippen LogP contribution in [-0.2, 0) is 11.2 Å². The molecule has 0 saturated heterocycles. The third-order valence-corrected chi connectivity index (χ3v) is 6.53. The lowest BCUT2D eigenvalue weighted by Gasteiger charge is -2.18. The van der Waals surface area contributed by atoms with Crippen LogP contribution in [0.25, 0.3) is 11.1 Å². The van der Waals surface area contributed by atoms with Crippen molar-refractivity contribution in [3.05, 3.63) is 94.0 Å². The van der Waals surface area contributed by atoms with E-state index in [1.165, 1.54) is 11.3 Å². The van der Waals surface area contributed by atoms with Gasteiger partial charge < -0.3 is 14.8 Å². The van der Waals surface area contributed by atoms with E-state index in [0.717, 1.165) is 22.4 Å². The van der Waals surface area contributed by atoms with Gasteiger partial charge in [-0.2, -0.15) is 0 Å². The fourth-order valence-corrected chi connectivity index (χ4v) is 4.56. The Labute approximate surface area is 237 Å². The van der Waals surface area contributed by atoms with Crippen molar-refractivity contribution in [1.29, 1.82) is 0 Å². The molecular formula is C30H30ClN3O4S. The van der Waals surface area contributed by atoms with E-state index < -0.39 is 11.7 Å². The van der Waals surface area contributed by atoms with E-state index in [-0.39, 0.29) is 5.91 Å². The number of nitrogens with one attached hydrogen (secondary N) is 2. The lowest BCUT2D eigenvalue weighted by atomic mass is 9.97. The number of thiazole rings is 1. The van der Waals surface area contributed by atoms with Crippen molar-refractivity contribution in [3.63, 3.8) is 0 Å². The van der Waals surface area contributed by atoms with Gasteiger partial charge in [-0.1, -0.05) is 41.4 Å². The first-order valence-electron chi connectivity index (χ1n) is 12.4. The zero-order valence-electron chi connectivity index (χ0n) is 22.2. The number of hydrogen-bond acceptors (Lipinski definition) is 6. The molecule has 1 aromatic heterocycles. The second-order valence-electron chi connectivity index (χ2n) is 9.90. The zero-order chi connectivity index (χ0) is 28.0. The van der Waals surface area contributed by atoms with Gasteiger partial charge in [0.25, 0.3) is 5.91 Å². The van der Waals surface area contributed by atoms with Crippen LogP contribution in [0.2, 0.25) is 5.02 Å². The molecule has 0 unspecified atom stereocenters. The van der Waals surface area contributed by atoms with E-state index in [0.29, 0.717) is 40.2 Å². The Kier molecular flexibility index (Phi) is 8.89. The lowest BCUT2D eigenvalue weighted by Crippen LogP contribution is -2.27. The predicted octanol–water partition coefficient (Wildman–Crippen LogP) is 7.99. The second-order valence-corrected chi connectivity index (χ2v) is 11.2. The Balaban J connectivity index is 1.31. The number of anilines is 2. The highest BCUT2D eigenvalue weighted by Gasteiger charge is 2.17. The smallest absolute Gasteiger partial charge is 0.413 e. The van der Waals surface area contributed by atoms with Crippen molar-refractivity contribution < 1.29 is 19.1 Å². The van der Waals surface area contributed by atoms with Gasteiger partial charge in [0.05, 0.1) is 12.3 Å². The minimum atomic E-state index is -0.572. The first kappa shape index (κ1) is 28.1. The van der Waals surface area contributed by atoms with Crippen LogP contribution in [0.15, 0.2) is 72.1 Å². The maximum atomic E-state index is 13.1. The molecule has 9 heteroatoms. The Hall–Kier alpha value is -3.88. The molecule has 202 valence electrons. The third kappa shape index (κ3) is 8.30. The molecule has 0 radical (unpaired) electrons. The Morgan fingerprint density at radius 2 is 1.69 bits per heavy atom. The molecule has 0 fully saturated rings. The summed E-state index contributed by atoms with van der Waals surface area (Å²) in [6.07, 6.45) is 0.0433. The highest BCUT2D eigenvalue weighted by atomic mass is 35.5. The zero-order valence-corrected chi connectivity index (χ0v) is 23.8. The minimum absolute atomic E-state index is 0.201. The van der Waals surface area contributed by atoms with Gasteiger partial charge in [0.2, 0.25) is 0 Å². The predicted molar refractivity (Wildman–Crippen MR) is 157 cm³/mol. The molecule has 0 bridgehead atoms. The van der Waals surface area contributed by atoms with Gasteiger partial charge >= 0.3 is 6.09 Å². The average Bonchev–Trinajstić information content (AvgIpc) is 3.31. The Morgan fingerprint density at radius 1 is 0.974 bits per heavy atom. The van der Waals surface area contributed by atoms with E-state index in [1.54, 1.807) is 45.0 Å². The van der Waals surface area contributed by atoms with Crippen LogP contribution in [0.5, 0.6) is 5.75 Å². The number of amides is 2. The van der Waals surface area contributed by atoms with Crippen molar-refractivity contribution in [1.82, 2.24) is 4.98 Å². The summed E-state index contributed by atoms with van der Waals surface area (Å²) in [6.45, 7) is 7.82. The van der Waals surface area contributed by atoms with Crippen molar-refractivity contribution in [2.45, 2.75) is 39.7 Å². The van der Waals surface area contributed by atoms with Crippen molar-refractivity contribution in [2.75, 3.05) is 17.2 Å². The van der Waals surface area contributed by atoms with Crippen LogP contribution < -0.4 is 15.4 Å². The third-order valence-electron chi connectivity index (χ3n) is 5.47. The van der Waals surface area contributed by atoms with Gasteiger partial charge in [-0.25, -0.2) is 9.78 Å². The number of carbonyl (C=O) groups excluding carboxylic acids is 2. The monoisotopic (exact) mass is 563 g/mol. The molecule has 1 heterocycles. The topological polar surface area (TPSA) is 89.6 Å². The number of nitrogens with zero attached hydrogens (tertiary/aromatic N) is 1. The number of aromatic nitrogens is 1. The quantitative estimate of drug-likeness (QED) is 0.227. The average molecular weight is 564 g/mol. The van der Waals surface area contributed by atoms with Crippen LogP contribution >= 0.6 is 22.9 Å². The van der Waals surface area contributed by atoms with E-state index in [1.807, 2.05) is 54.8 Å². The summed E-state index contributed by atoms with van der Waals surface area (Å²) < 4.78 is 11.1. The standard InChI is InChI=1S/C30H30ClN3O4S/c1-19-5-14-25(26(17-19)20-6-8-21(31)9-7-20)27(35)32-22-10-12-24(13-11-22)37-16-15-23-18-39-28(33-23)34-29(36)38-30(2,3)4/h5-14,17-18H,15-16H2,1-4H3,(H,32,35)(H,33,34,36). The van der Waals surface area contributed by atoms with Gasteiger partial charge in [0, 0.05) is 28.1 Å². The number of rotatable bonds is 8. The molecule has 0 atom stereocenters. The molecule has 0 saturated carbocycles. The summed E-state index contributed by atoms with van der Waals surface area (Å²) in [7, 11) is 0. The Bertz CT molecular complexity index is 1440. The second kappa shape index (κ2) is 12.3. The molecule has 4 rings (SSSR count). The van der Waals surface area contributed by atoms with Crippen LogP contribution in [-0.4, -0.2) is 29.2 Å². The lowest BCUT2D eigenvalue weighted by molar-refractivity contribution is 0.0635. The summed E-state index contributed by atoms with van der Waals surface area (Å²) >= 11 is 7.37. The molecule has 7 nitrogen and oxygen atoms in total. The molecule has 2 N–H and O–H groups in total. The van der Waals surface area contributed by atoms with Gasteiger partial charge in [0.15, 0.2) is 5.13 Å². The van der Waals surface area contributed by atoms with E-state index in [4.69, 9.17) is 21.1 Å². The van der Waals surface area contributed by atoms with Crippen molar-refractivity contribution in [3.8, 4) is 16.9 Å². The Morgan fingerprint density at radius 3 is 2.38 bits per heavy atom. The summed E-state index contributed by atoms with van der Waals surface area (Å²) in [5, 5.41) is 8.61. The van der Waals surface area contributed by atoms with Gasteiger partial charge in [-0.3, -0.25) is 10.1 Å². The largest absolute Gasteiger partial charge is 0.493 e. The molecule has 0 spiro atoms. The van der Waals surface area contributed by atoms with Crippen molar-refractivity contribution in [2.24, 2.45) is 0 Å². The fraction of sp³-hybridized carbons (Fsp3) is 0.233. The van der Waals surface area contributed by atoms with Gasteiger partial charge in [-0.05, 0) is 81.3 Å². The van der Waals surface area contributed by atoms with Crippen LogP contribution in [0.3, 0.4) is 0 Å². The van der Waals surface area contributed by atoms with E-state index >= 15 is 0 Å². The number of aryl methyl sites for hydroxylation is 1. The maximum Gasteiger partial charge on any atom is 0.413 e. The molecule has 0 aliphatic heterocycles. The van der Waals surface area contributed by atoms with Crippen LogP contribution in [0.1, 0.15) is 42.4 Å². The van der Waals surface area contributed by atoms with Gasteiger partial charge in [-0.15, -0.1) is 11.3 Å². The molecule has 39 heavy (non-hydrogen) atoms. The molecule has 0 aliphatic carbocycles. The summed E-state index contributed by atoms with van der Waals surface area (Å²) in [4.78, 5) is 29.4. The maximum absolute atomic E-state index is 13.1. The number of carbonyl (C=O) groups is 2. The highest BCUT2D eigenvalue weighted by Crippen LogP contribution is 2.28. The van der Waals surface area contributed by atoms with Gasteiger partial charge in [0.1, 0.15) is 11.4 Å². The summed E-state index contributed by atoms with van der Waals surface area (Å²) in [6, 6.07) is 20.4. The molecule has 4 aromatic rings. The van der Waals surface area contributed by atoms with Crippen molar-refractivity contribution >= 4 is 45.8 Å². The number of halogens is 1. The number of ether oxygens (including phenoxy) is 2. The molecule has 2 amide bonds. The van der Waals surface area contributed by atoms with Crippen LogP contribution in [0, 0.1) is 6.92 Å². The fourth-order valence-electron chi connectivity index (χ4n) is 3.70. The first-order valence-corrected chi connectivity index (χ1v) is 13.7. The normalized spacial score (nSPS) is 11.1. The highest BCUT2D eigenvalue weighted by molar-refractivity contribution is 7.13. The summed E-state index contributed by atoms with van der Waals surface area (Å²) in [5.41, 5.74) is 4.30.